The van der Waals surface area contributed by atoms with E-state index in [9.17, 15) is 4.79 Å². The smallest absolute Gasteiger partial charge is 0.321 e. The van der Waals surface area contributed by atoms with Crippen LogP contribution in [-0.2, 0) is 4.74 Å². The van der Waals surface area contributed by atoms with E-state index >= 15 is 0 Å². The third kappa shape index (κ3) is 7.36. The summed E-state index contributed by atoms with van der Waals surface area (Å²) in [6, 6.07) is 13.5. The zero-order valence-electron chi connectivity index (χ0n) is 23.0. The first-order valence-electron chi connectivity index (χ1n) is 14.1. The second-order valence-corrected chi connectivity index (χ2v) is 10.5. The van der Waals surface area contributed by atoms with Gasteiger partial charge in [-0.15, -0.1) is 0 Å². The molecule has 2 aliphatic rings. The quantitative estimate of drug-likeness (QED) is 0.390. The maximum Gasteiger partial charge on any atom is 0.321 e. The zero-order valence-corrected chi connectivity index (χ0v) is 23.0. The van der Waals surface area contributed by atoms with Crippen LogP contribution in [0.15, 0.2) is 48.8 Å². The van der Waals surface area contributed by atoms with Crippen LogP contribution >= 0.6 is 0 Å². The zero-order chi connectivity index (χ0) is 27.0. The van der Waals surface area contributed by atoms with Crippen LogP contribution in [0.2, 0.25) is 0 Å². The van der Waals surface area contributed by atoms with Crippen LogP contribution in [0.1, 0.15) is 44.7 Å². The summed E-state index contributed by atoms with van der Waals surface area (Å²) < 4.78 is 17.1. The van der Waals surface area contributed by atoms with E-state index in [2.05, 4.69) is 26.3 Å². The molecule has 2 saturated heterocycles. The van der Waals surface area contributed by atoms with Crippen LogP contribution in [0.3, 0.4) is 0 Å². The van der Waals surface area contributed by atoms with E-state index in [1.807, 2.05) is 55.1 Å². The number of nitrogens with one attached hydrogen (secondary N) is 1. The van der Waals surface area contributed by atoms with Crippen molar-refractivity contribution in [3.8, 4) is 11.5 Å². The Balaban J connectivity index is 1.12. The van der Waals surface area contributed by atoms with Crippen LogP contribution in [0, 0.1) is 0 Å². The van der Waals surface area contributed by atoms with Gasteiger partial charge in [-0.3, -0.25) is 4.90 Å². The Morgan fingerprint density at radius 3 is 2.51 bits per heavy atom. The first-order valence-corrected chi connectivity index (χ1v) is 14.1. The Bertz CT molecular complexity index is 1220. The lowest BCUT2D eigenvalue weighted by atomic mass is 9.91. The number of hydrogen-bond donors (Lipinski definition) is 1. The van der Waals surface area contributed by atoms with E-state index < -0.39 is 0 Å². The second-order valence-electron chi connectivity index (χ2n) is 10.5. The Hall–Kier alpha value is -3.43. The summed E-state index contributed by atoms with van der Waals surface area (Å²) in [6.45, 7) is 10.7. The molecule has 208 valence electrons. The molecule has 0 radical (unpaired) electrons. The molecule has 5 rings (SSSR count). The Morgan fingerprint density at radius 1 is 1.03 bits per heavy atom. The van der Waals surface area contributed by atoms with Gasteiger partial charge in [0.15, 0.2) is 0 Å². The van der Waals surface area contributed by atoms with Gasteiger partial charge in [0.25, 0.3) is 0 Å². The van der Waals surface area contributed by atoms with Gasteiger partial charge in [-0.2, -0.15) is 0 Å². The van der Waals surface area contributed by atoms with Gasteiger partial charge < -0.3 is 24.4 Å². The van der Waals surface area contributed by atoms with Gasteiger partial charge in [-0.25, -0.2) is 14.8 Å². The van der Waals surface area contributed by atoms with Crippen molar-refractivity contribution in [2.24, 2.45) is 0 Å². The lowest BCUT2D eigenvalue weighted by Gasteiger charge is -2.32. The third-order valence-corrected chi connectivity index (χ3v) is 7.28. The number of benzene rings is 2. The molecule has 9 nitrogen and oxygen atoms in total. The largest absolute Gasteiger partial charge is 0.493 e. The molecular formula is C30H39N5O4. The molecule has 2 amide bonds. The minimum Gasteiger partial charge on any atom is -0.493 e. The number of fused-ring (bicyclic) bond motifs is 1. The summed E-state index contributed by atoms with van der Waals surface area (Å²) in [5.74, 6) is 1.92. The number of piperidine rings is 1. The highest BCUT2D eigenvalue weighted by molar-refractivity contribution is 5.89. The Morgan fingerprint density at radius 2 is 1.77 bits per heavy atom. The number of morpholine rings is 1. The number of urea groups is 1. The first-order chi connectivity index (χ1) is 19.0. The summed E-state index contributed by atoms with van der Waals surface area (Å²) in [6.07, 6.45) is 4.47. The number of carbonyl (C=O) groups excluding carboxylic acids is 1. The van der Waals surface area contributed by atoms with Crippen LogP contribution in [-0.4, -0.2) is 84.4 Å². The van der Waals surface area contributed by atoms with Crippen molar-refractivity contribution in [2.75, 3.05) is 57.9 Å². The normalized spacial score (nSPS) is 16.9. The van der Waals surface area contributed by atoms with Gasteiger partial charge in [0.2, 0.25) is 0 Å². The molecule has 0 atom stereocenters. The number of nitrogens with zero attached hydrogens (tertiary/aromatic N) is 4. The molecule has 0 saturated carbocycles. The number of anilines is 1. The molecule has 1 aromatic heterocycles. The number of carbonyl (C=O) groups is 1. The van der Waals surface area contributed by atoms with E-state index in [0.717, 1.165) is 85.9 Å². The van der Waals surface area contributed by atoms with Gasteiger partial charge in [-0.1, -0.05) is 0 Å². The number of ether oxygens (including phenoxy) is 3. The van der Waals surface area contributed by atoms with E-state index in [1.165, 1.54) is 0 Å². The third-order valence-electron chi connectivity index (χ3n) is 7.28. The summed E-state index contributed by atoms with van der Waals surface area (Å²) >= 11 is 0. The highest BCUT2D eigenvalue weighted by Gasteiger charge is 2.26. The monoisotopic (exact) mass is 533 g/mol. The highest BCUT2D eigenvalue weighted by Crippen LogP contribution is 2.32. The molecule has 1 N–H and O–H groups in total. The topological polar surface area (TPSA) is 89.0 Å². The molecule has 9 heteroatoms. The maximum absolute atomic E-state index is 12.9. The van der Waals surface area contributed by atoms with Crippen molar-refractivity contribution < 1.29 is 19.0 Å². The van der Waals surface area contributed by atoms with Crippen molar-refractivity contribution >= 4 is 22.6 Å². The summed E-state index contributed by atoms with van der Waals surface area (Å²) in [5, 5.41) is 4.07. The van der Waals surface area contributed by atoms with E-state index in [0.29, 0.717) is 19.7 Å². The lowest BCUT2D eigenvalue weighted by Crippen LogP contribution is -2.40. The molecule has 2 fully saturated rings. The van der Waals surface area contributed by atoms with Crippen LogP contribution in [0.25, 0.3) is 10.9 Å². The van der Waals surface area contributed by atoms with Crippen LogP contribution in [0.5, 0.6) is 11.5 Å². The van der Waals surface area contributed by atoms with Gasteiger partial charge in [0, 0.05) is 55.8 Å². The fraction of sp³-hybridized carbons (Fsp3) is 0.500. The SMILES string of the molecule is CC(C)Oc1ccc(NC(=O)N2CCC(c3ncnc4cc(OCCCN5CCOCC5)ccc34)CC2)cc1. The average Bonchev–Trinajstić information content (AvgIpc) is 2.96. The van der Waals surface area contributed by atoms with Crippen molar-refractivity contribution in [2.45, 2.75) is 45.1 Å². The van der Waals surface area contributed by atoms with Gasteiger partial charge in [0.05, 0.1) is 37.1 Å². The molecule has 0 unspecified atom stereocenters. The number of likely N-dealkylation sites (tertiary alicyclic amines) is 1. The van der Waals surface area contributed by atoms with Gasteiger partial charge in [-0.05, 0) is 69.5 Å². The summed E-state index contributed by atoms with van der Waals surface area (Å²) in [7, 11) is 0. The van der Waals surface area contributed by atoms with Crippen LogP contribution in [0.4, 0.5) is 10.5 Å². The molecule has 3 heterocycles. The molecular weight excluding hydrogens is 494 g/mol. The first kappa shape index (κ1) is 27.1. The summed E-state index contributed by atoms with van der Waals surface area (Å²) in [4.78, 5) is 26.3. The maximum atomic E-state index is 12.9. The fourth-order valence-corrected chi connectivity index (χ4v) is 5.22. The predicted molar refractivity (Wildman–Crippen MR) is 152 cm³/mol. The van der Waals surface area contributed by atoms with E-state index in [4.69, 9.17) is 14.2 Å². The molecule has 2 aliphatic heterocycles. The van der Waals surface area contributed by atoms with E-state index in [-0.39, 0.29) is 18.1 Å². The Kier molecular flexibility index (Phi) is 9.11. The van der Waals surface area contributed by atoms with Crippen molar-refractivity contribution in [3.05, 3.63) is 54.5 Å². The minimum absolute atomic E-state index is 0.0751. The van der Waals surface area contributed by atoms with Gasteiger partial charge >= 0.3 is 6.03 Å². The lowest BCUT2D eigenvalue weighted by molar-refractivity contribution is 0.0358. The molecule has 3 aromatic rings. The molecule has 0 spiro atoms. The number of aromatic nitrogens is 2. The molecule has 2 aromatic carbocycles. The second kappa shape index (κ2) is 13.1. The van der Waals surface area contributed by atoms with Crippen molar-refractivity contribution in [1.82, 2.24) is 19.8 Å². The minimum atomic E-state index is -0.0751. The molecule has 39 heavy (non-hydrogen) atoms. The average molecular weight is 534 g/mol. The van der Waals surface area contributed by atoms with Crippen molar-refractivity contribution in [3.63, 3.8) is 0 Å². The number of rotatable bonds is 9. The van der Waals surface area contributed by atoms with E-state index in [1.54, 1.807) is 6.33 Å². The fourth-order valence-electron chi connectivity index (χ4n) is 5.22. The molecule has 0 bridgehead atoms. The number of hydrogen-bond acceptors (Lipinski definition) is 7. The predicted octanol–water partition coefficient (Wildman–Crippen LogP) is 4.93. The van der Waals surface area contributed by atoms with Gasteiger partial charge in [0.1, 0.15) is 17.8 Å². The van der Waals surface area contributed by atoms with Crippen LogP contribution < -0.4 is 14.8 Å². The number of amides is 2. The summed E-state index contributed by atoms with van der Waals surface area (Å²) in [5.41, 5.74) is 2.72. The molecule has 0 aliphatic carbocycles. The highest BCUT2D eigenvalue weighted by atomic mass is 16.5. The van der Waals surface area contributed by atoms with Crippen molar-refractivity contribution in [1.29, 1.82) is 0 Å². The Labute approximate surface area is 230 Å². The standard InChI is InChI=1S/C30H39N5O4/c1-22(2)39-25-6-4-24(5-7-25)33-30(36)35-13-10-23(11-14-35)29-27-9-8-26(20-28(27)31-21-32-29)38-17-3-12-34-15-18-37-19-16-34/h4-9,20-23H,3,10-19H2,1-2H3,(H,33,36).